The summed E-state index contributed by atoms with van der Waals surface area (Å²) in [5.74, 6) is -0.265. The average molecular weight is 348 g/mol. The third-order valence-electron chi connectivity index (χ3n) is 4.98. The van der Waals surface area contributed by atoms with Crippen molar-refractivity contribution in [1.82, 2.24) is 4.90 Å². The first-order valence-corrected chi connectivity index (χ1v) is 8.97. The van der Waals surface area contributed by atoms with Crippen LogP contribution in [-0.4, -0.2) is 23.9 Å². The van der Waals surface area contributed by atoms with Crippen LogP contribution in [0.3, 0.4) is 0 Å². The van der Waals surface area contributed by atoms with E-state index in [1.165, 1.54) is 6.07 Å². The van der Waals surface area contributed by atoms with E-state index in [1.54, 1.807) is 12.1 Å². The summed E-state index contributed by atoms with van der Waals surface area (Å²) in [6.45, 7) is 1.17. The standard InChI is InChI=1S/C22H21FN2O/c23-19-8-3-7-18(13-19)21-9-4-12-25(21)15-22(26)24-20-11-10-16-5-1-2-6-17(16)14-20/h1-3,5-8,10-11,13-14,21H,4,9,12,15H2,(H,24,26)/t21-/m1/s1. The molecule has 3 aromatic carbocycles. The Hall–Kier alpha value is -2.72. The molecule has 1 amide bonds. The van der Waals surface area contributed by atoms with Crippen LogP contribution < -0.4 is 5.32 Å². The number of anilines is 1. The zero-order valence-electron chi connectivity index (χ0n) is 14.5. The van der Waals surface area contributed by atoms with Gasteiger partial charge in [0.05, 0.1) is 6.54 Å². The van der Waals surface area contributed by atoms with E-state index in [0.717, 1.165) is 41.4 Å². The molecule has 1 aliphatic heterocycles. The summed E-state index contributed by atoms with van der Waals surface area (Å²) in [6.07, 6.45) is 1.97. The lowest BCUT2D eigenvalue weighted by atomic mass is 10.0. The lowest BCUT2D eigenvalue weighted by molar-refractivity contribution is -0.117. The van der Waals surface area contributed by atoms with E-state index in [4.69, 9.17) is 0 Å². The number of carbonyl (C=O) groups is 1. The van der Waals surface area contributed by atoms with Crippen LogP contribution in [0.15, 0.2) is 66.7 Å². The molecule has 1 atom stereocenters. The number of likely N-dealkylation sites (tertiary alicyclic amines) is 1. The molecule has 1 saturated heterocycles. The van der Waals surface area contributed by atoms with Crippen molar-refractivity contribution in [2.24, 2.45) is 0 Å². The predicted molar refractivity (Wildman–Crippen MR) is 103 cm³/mol. The first-order chi connectivity index (χ1) is 12.7. The highest BCUT2D eigenvalue weighted by molar-refractivity contribution is 5.95. The Morgan fingerprint density at radius 1 is 1.04 bits per heavy atom. The Labute approximate surface area is 152 Å². The van der Waals surface area contributed by atoms with Gasteiger partial charge in [-0.15, -0.1) is 0 Å². The zero-order chi connectivity index (χ0) is 17.9. The average Bonchev–Trinajstić information content (AvgIpc) is 3.09. The number of nitrogens with one attached hydrogen (secondary N) is 1. The topological polar surface area (TPSA) is 32.3 Å². The van der Waals surface area contributed by atoms with Gasteiger partial charge in [0.15, 0.2) is 0 Å². The van der Waals surface area contributed by atoms with Gasteiger partial charge in [0.1, 0.15) is 5.82 Å². The molecule has 3 nitrogen and oxygen atoms in total. The number of hydrogen-bond donors (Lipinski definition) is 1. The van der Waals surface area contributed by atoms with Crippen molar-refractivity contribution < 1.29 is 9.18 Å². The highest BCUT2D eigenvalue weighted by atomic mass is 19.1. The van der Waals surface area contributed by atoms with Crippen LogP contribution in [-0.2, 0) is 4.79 Å². The van der Waals surface area contributed by atoms with Crippen molar-refractivity contribution in [3.05, 3.63) is 78.1 Å². The van der Waals surface area contributed by atoms with E-state index < -0.39 is 0 Å². The van der Waals surface area contributed by atoms with Crippen molar-refractivity contribution >= 4 is 22.4 Å². The van der Waals surface area contributed by atoms with E-state index in [1.807, 2.05) is 42.5 Å². The van der Waals surface area contributed by atoms with Gasteiger partial charge in [0.25, 0.3) is 0 Å². The molecule has 0 unspecified atom stereocenters. The van der Waals surface area contributed by atoms with E-state index in [2.05, 4.69) is 16.3 Å². The summed E-state index contributed by atoms with van der Waals surface area (Å²) in [6, 6.07) is 20.8. The molecule has 0 aliphatic carbocycles. The van der Waals surface area contributed by atoms with Crippen LogP contribution in [0.1, 0.15) is 24.4 Å². The maximum absolute atomic E-state index is 13.5. The Balaban J connectivity index is 1.44. The van der Waals surface area contributed by atoms with Crippen LogP contribution in [0.5, 0.6) is 0 Å². The third kappa shape index (κ3) is 3.60. The Kier molecular flexibility index (Phi) is 4.67. The maximum Gasteiger partial charge on any atom is 0.238 e. The fourth-order valence-electron chi connectivity index (χ4n) is 3.76. The van der Waals surface area contributed by atoms with Crippen LogP contribution >= 0.6 is 0 Å². The molecule has 0 aromatic heterocycles. The van der Waals surface area contributed by atoms with Gasteiger partial charge in [-0.1, -0.05) is 42.5 Å². The molecule has 3 aromatic rings. The zero-order valence-corrected chi connectivity index (χ0v) is 14.5. The lowest BCUT2D eigenvalue weighted by Crippen LogP contribution is -2.33. The van der Waals surface area contributed by atoms with E-state index in [-0.39, 0.29) is 17.8 Å². The number of amides is 1. The largest absolute Gasteiger partial charge is 0.325 e. The SMILES string of the molecule is O=C(CN1CCC[C@@H]1c1cccc(F)c1)Nc1ccc2ccccc2c1. The van der Waals surface area contributed by atoms with Gasteiger partial charge >= 0.3 is 0 Å². The molecule has 1 N–H and O–H groups in total. The Morgan fingerprint density at radius 2 is 1.88 bits per heavy atom. The van der Waals surface area contributed by atoms with Crippen LogP contribution in [0, 0.1) is 5.82 Å². The number of fused-ring (bicyclic) bond motifs is 1. The minimum atomic E-state index is -0.227. The summed E-state index contributed by atoms with van der Waals surface area (Å²) < 4.78 is 13.5. The van der Waals surface area contributed by atoms with Gasteiger partial charge in [-0.3, -0.25) is 9.69 Å². The van der Waals surface area contributed by atoms with Crippen LogP contribution in [0.4, 0.5) is 10.1 Å². The monoisotopic (exact) mass is 348 g/mol. The van der Waals surface area contributed by atoms with Gasteiger partial charge in [0.2, 0.25) is 5.91 Å². The summed E-state index contributed by atoms with van der Waals surface area (Å²) in [7, 11) is 0. The van der Waals surface area contributed by atoms with Crippen molar-refractivity contribution in [1.29, 1.82) is 0 Å². The maximum atomic E-state index is 13.5. The molecule has 1 fully saturated rings. The second-order valence-corrected chi connectivity index (χ2v) is 6.79. The molecule has 0 bridgehead atoms. The van der Waals surface area contributed by atoms with E-state index in [9.17, 15) is 9.18 Å². The second-order valence-electron chi connectivity index (χ2n) is 6.79. The number of hydrogen-bond acceptors (Lipinski definition) is 2. The normalized spacial score (nSPS) is 17.5. The quantitative estimate of drug-likeness (QED) is 0.738. The van der Waals surface area contributed by atoms with Crippen molar-refractivity contribution in [3.63, 3.8) is 0 Å². The molecular formula is C22H21FN2O. The smallest absolute Gasteiger partial charge is 0.238 e. The highest BCUT2D eigenvalue weighted by Crippen LogP contribution is 2.31. The van der Waals surface area contributed by atoms with Crippen molar-refractivity contribution in [2.45, 2.75) is 18.9 Å². The Bertz CT molecular complexity index is 940. The van der Waals surface area contributed by atoms with Crippen molar-refractivity contribution in [3.8, 4) is 0 Å². The van der Waals surface area contributed by atoms with Gasteiger partial charge in [-0.25, -0.2) is 4.39 Å². The molecule has 1 heterocycles. The minimum absolute atomic E-state index is 0.0383. The van der Waals surface area contributed by atoms with E-state index >= 15 is 0 Å². The number of nitrogens with zero attached hydrogens (tertiary/aromatic N) is 1. The van der Waals surface area contributed by atoms with Gasteiger partial charge < -0.3 is 5.32 Å². The molecule has 0 radical (unpaired) electrons. The predicted octanol–water partition coefficient (Wildman–Crippen LogP) is 4.75. The summed E-state index contributed by atoms with van der Waals surface area (Å²) in [4.78, 5) is 14.7. The molecule has 4 heteroatoms. The van der Waals surface area contributed by atoms with Crippen LogP contribution in [0.2, 0.25) is 0 Å². The van der Waals surface area contributed by atoms with Crippen molar-refractivity contribution in [2.75, 3.05) is 18.4 Å². The fraction of sp³-hybridized carbons (Fsp3) is 0.227. The molecule has 26 heavy (non-hydrogen) atoms. The number of benzene rings is 3. The Morgan fingerprint density at radius 3 is 2.73 bits per heavy atom. The van der Waals surface area contributed by atoms with Gasteiger partial charge in [0, 0.05) is 11.7 Å². The third-order valence-corrected chi connectivity index (χ3v) is 4.98. The number of rotatable bonds is 4. The van der Waals surface area contributed by atoms with Gasteiger partial charge in [-0.2, -0.15) is 0 Å². The fourth-order valence-corrected chi connectivity index (χ4v) is 3.76. The first-order valence-electron chi connectivity index (χ1n) is 8.97. The highest BCUT2D eigenvalue weighted by Gasteiger charge is 2.27. The molecule has 0 spiro atoms. The lowest BCUT2D eigenvalue weighted by Gasteiger charge is -2.24. The van der Waals surface area contributed by atoms with Gasteiger partial charge in [-0.05, 0) is 60.0 Å². The molecule has 4 rings (SSSR count). The summed E-state index contributed by atoms with van der Waals surface area (Å²) >= 11 is 0. The number of halogens is 1. The minimum Gasteiger partial charge on any atom is -0.325 e. The first kappa shape index (κ1) is 16.7. The molecule has 132 valence electrons. The summed E-state index contributed by atoms with van der Waals surface area (Å²) in [5, 5.41) is 5.24. The molecular weight excluding hydrogens is 327 g/mol. The van der Waals surface area contributed by atoms with E-state index in [0.29, 0.717) is 6.54 Å². The second kappa shape index (κ2) is 7.26. The number of carbonyl (C=O) groups excluding carboxylic acids is 1. The van der Waals surface area contributed by atoms with Crippen LogP contribution in [0.25, 0.3) is 10.8 Å². The summed E-state index contributed by atoms with van der Waals surface area (Å²) in [5.41, 5.74) is 1.75. The molecule has 1 aliphatic rings. The molecule has 0 saturated carbocycles.